The zero-order valence-electron chi connectivity index (χ0n) is 14.2. The molecule has 0 radical (unpaired) electrons. The fraction of sp³-hybridized carbons (Fsp3) is 0.944. The molecule has 0 heterocycles. The van der Waals surface area contributed by atoms with Crippen molar-refractivity contribution in [1.29, 1.82) is 0 Å². The molecule has 2 nitrogen and oxygen atoms in total. The van der Waals surface area contributed by atoms with E-state index in [2.05, 4.69) is 6.92 Å². The minimum absolute atomic E-state index is 0. The van der Waals surface area contributed by atoms with E-state index in [9.17, 15) is 4.79 Å². The van der Waals surface area contributed by atoms with Crippen LogP contribution in [-0.2, 0) is 4.79 Å². The van der Waals surface area contributed by atoms with Crippen LogP contribution in [0.1, 0.15) is 110 Å². The van der Waals surface area contributed by atoms with E-state index in [4.69, 9.17) is 5.11 Å². The van der Waals surface area contributed by atoms with E-state index in [0.29, 0.717) is 6.42 Å². The first kappa shape index (κ1) is 23.3. The van der Waals surface area contributed by atoms with E-state index in [1.54, 1.807) is 0 Å². The molecule has 128 valence electrons. The predicted octanol–water partition coefficient (Wildman–Crippen LogP) is 5.42. The Bertz CT molecular complexity index is 207. The Morgan fingerprint density at radius 2 is 0.905 bits per heavy atom. The van der Waals surface area contributed by atoms with Crippen LogP contribution in [0.5, 0.6) is 0 Å². The number of hydrogen-bond acceptors (Lipinski definition) is 1. The van der Waals surface area contributed by atoms with Crippen molar-refractivity contribution >= 4 is 23.0 Å². The summed E-state index contributed by atoms with van der Waals surface area (Å²) in [6.07, 6.45) is 20.2. The van der Waals surface area contributed by atoms with E-state index >= 15 is 0 Å². The standard InChI is InChI=1S/C18H36O2.H2Se/c1-2-3-4-5-6-7-8-9-10-11-12-13-14-15-16-17-18(19)20;/h2-17H2,1H3,(H,19,20);1H2. The van der Waals surface area contributed by atoms with E-state index in [-0.39, 0.29) is 17.1 Å². The van der Waals surface area contributed by atoms with Gasteiger partial charge < -0.3 is 5.11 Å². The third-order valence-electron chi connectivity index (χ3n) is 3.99. The van der Waals surface area contributed by atoms with Gasteiger partial charge in [-0.3, -0.25) is 4.79 Å². The maximum atomic E-state index is 10.3. The Hall–Kier alpha value is -0.0105. The first-order valence-electron chi connectivity index (χ1n) is 8.99. The molecule has 0 atom stereocenters. The summed E-state index contributed by atoms with van der Waals surface area (Å²) in [6.45, 7) is 2.27. The number of hydrogen-bond donors (Lipinski definition) is 1. The van der Waals surface area contributed by atoms with Gasteiger partial charge in [0.25, 0.3) is 0 Å². The number of carbonyl (C=O) groups is 1. The Kier molecular flexibility index (Phi) is 22.1. The zero-order chi connectivity index (χ0) is 14.9. The van der Waals surface area contributed by atoms with Crippen LogP contribution in [0, 0.1) is 0 Å². The Labute approximate surface area is 142 Å². The molecule has 0 aliphatic heterocycles. The van der Waals surface area contributed by atoms with Crippen LogP contribution in [0.2, 0.25) is 0 Å². The molecule has 0 aromatic heterocycles. The van der Waals surface area contributed by atoms with Gasteiger partial charge in [-0.2, -0.15) is 0 Å². The van der Waals surface area contributed by atoms with Crippen LogP contribution in [0.3, 0.4) is 0 Å². The second-order valence-electron chi connectivity index (χ2n) is 6.09. The van der Waals surface area contributed by atoms with Gasteiger partial charge in [-0.15, -0.1) is 0 Å². The summed E-state index contributed by atoms with van der Waals surface area (Å²) in [5.74, 6) is -0.653. The SMILES string of the molecule is CCCCCCCCCCCCCCCCCC(=O)O.[SeH2]. The van der Waals surface area contributed by atoms with Gasteiger partial charge in [0.05, 0.1) is 0 Å². The normalized spacial score (nSPS) is 10.3. The van der Waals surface area contributed by atoms with E-state index < -0.39 is 5.97 Å². The maximum absolute atomic E-state index is 10.3. The summed E-state index contributed by atoms with van der Waals surface area (Å²) in [5.41, 5.74) is 0. The molecule has 0 aliphatic rings. The van der Waals surface area contributed by atoms with Crippen LogP contribution < -0.4 is 0 Å². The van der Waals surface area contributed by atoms with Crippen molar-refractivity contribution in [2.75, 3.05) is 0 Å². The molecule has 0 aromatic carbocycles. The molecular formula is C18H38O2Se. The molecule has 0 unspecified atom stereocenters. The van der Waals surface area contributed by atoms with Gasteiger partial charge in [0, 0.05) is 6.42 Å². The molecular weight excluding hydrogens is 327 g/mol. The third-order valence-corrected chi connectivity index (χ3v) is 3.99. The van der Waals surface area contributed by atoms with E-state index in [0.717, 1.165) is 12.8 Å². The van der Waals surface area contributed by atoms with Crippen molar-refractivity contribution in [2.24, 2.45) is 0 Å². The zero-order valence-corrected chi connectivity index (χ0v) is 16.3. The summed E-state index contributed by atoms with van der Waals surface area (Å²) in [6, 6.07) is 0. The monoisotopic (exact) mass is 366 g/mol. The third kappa shape index (κ3) is 22.4. The number of rotatable bonds is 16. The number of carboxylic acids is 1. The number of carboxylic acid groups (broad SMARTS) is 1. The summed E-state index contributed by atoms with van der Waals surface area (Å²) >= 11 is 0. The molecule has 0 fully saturated rings. The van der Waals surface area contributed by atoms with Gasteiger partial charge in [-0.05, 0) is 6.42 Å². The van der Waals surface area contributed by atoms with Crippen molar-refractivity contribution in [3.05, 3.63) is 0 Å². The fourth-order valence-electron chi connectivity index (χ4n) is 2.65. The van der Waals surface area contributed by atoms with Crippen LogP contribution >= 0.6 is 0 Å². The number of unbranched alkanes of at least 4 members (excludes halogenated alkanes) is 14. The molecule has 3 heteroatoms. The van der Waals surface area contributed by atoms with E-state index in [1.807, 2.05) is 0 Å². The summed E-state index contributed by atoms with van der Waals surface area (Å²) < 4.78 is 0. The minimum atomic E-state index is -0.653. The van der Waals surface area contributed by atoms with Gasteiger partial charge in [0.15, 0.2) is 0 Å². The average Bonchev–Trinajstić information content (AvgIpc) is 2.43. The summed E-state index contributed by atoms with van der Waals surface area (Å²) in [4.78, 5) is 10.3. The summed E-state index contributed by atoms with van der Waals surface area (Å²) in [5, 5.41) is 8.52. The van der Waals surface area contributed by atoms with Crippen molar-refractivity contribution in [1.82, 2.24) is 0 Å². The van der Waals surface area contributed by atoms with Gasteiger partial charge in [0.1, 0.15) is 0 Å². The van der Waals surface area contributed by atoms with Gasteiger partial charge in [-0.1, -0.05) is 96.8 Å². The molecule has 0 amide bonds. The summed E-state index contributed by atoms with van der Waals surface area (Å²) in [7, 11) is 0. The second-order valence-corrected chi connectivity index (χ2v) is 6.09. The second kappa shape index (κ2) is 20.0. The molecule has 0 spiro atoms. The molecule has 0 aliphatic carbocycles. The van der Waals surface area contributed by atoms with Crippen molar-refractivity contribution in [2.45, 2.75) is 110 Å². The van der Waals surface area contributed by atoms with Crippen molar-refractivity contribution in [3.8, 4) is 0 Å². The van der Waals surface area contributed by atoms with Crippen LogP contribution in [-0.4, -0.2) is 28.1 Å². The van der Waals surface area contributed by atoms with E-state index in [1.165, 1.54) is 83.5 Å². The van der Waals surface area contributed by atoms with Gasteiger partial charge >= 0.3 is 23.0 Å². The average molecular weight is 365 g/mol. The first-order chi connectivity index (χ1) is 9.77. The Balaban J connectivity index is 0. The predicted molar refractivity (Wildman–Crippen MR) is 95.7 cm³/mol. The van der Waals surface area contributed by atoms with Gasteiger partial charge in [-0.25, -0.2) is 0 Å². The number of aliphatic carboxylic acids is 1. The van der Waals surface area contributed by atoms with Crippen LogP contribution in [0.25, 0.3) is 0 Å². The first-order valence-corrected chi connectivity index (χ1v) is 8.99. The van der Waals surface area contributed by atoms with Crippen LogP contribution in [0.15, 0.2) is 0 Å². The molecule has 1 N–H and O–H groups in total. The van der Waals surface area contributed by atoms with Crippen molar-refractivity contribution < 1.29 is 9.90 Å². The quantitative estimate of drug-likeness (QED) is 0.293. The van der Waals surface area contributed by atoms with Crippen molar-refractivity contribution in [3.63, 3.8) is 0 Å². The molecule has 0 rings (SSSR count). The van der Waals surface area contributed by atoms with Crippen LogP contribution in [0.4, 0.5) is 0 Å². The molecule has 0 bridgehead atoms. The molecule has 0 saturated carbocycles. The Morgan fingerprint density at radius 3 is 1.19 bits per heavy atom. The topological polar surface area (TPSA) is 37.3 Å². The van der Waals surface area contributed by atoms with Gasteiger partial charge in [0.2, 0.25) is 0 Å². The Morgan fingerprint density at radius 1 is 0.619 bits per heavy atom. The fourth-order valence-corrected chi connectivity index (χ4v) is 2.65. The molecule has 0 saturated heterocycles. The molecule has 0 aromatic rings. The molecule has 21 heavy (non-hydrogen) atoms.